The van der Waals surface area contributed by atoms with Crippen molar-refractivity contribution in [3.63, 3.8) is 0 Å². The Morgan fingerprint density at radius 3 is 2.69 bits per heavy atom. The van der Waals surface area contributed by atoms with Crippen LogP contribution in [0.4, 0.5) is 10.3 Å². The Balaban J connectivity index is 1.79. The summed E-state index contributed by atoms with van der Waals surface area (Å²) < 4.78 is 27.1. The highest BCUT2D eigenvalue weighted by molar-refractivity contribution is 6.32. The number of benzene rings is 2. The summed E-state index contributed by atoms with van der Waals surface area (Å²) in [6.45, 7) is 5.21. The Bertz CT molecular complexity index is 963. The number of hydrogen-bond acceptors (Lipinski definition) is 6. The molecule has 1 N–H and O–H groups in total. The number of ether oxygens (including phenoxy) is 2. The minimum absolute atomic E-state index is 0.0752. The van der Waals surface area contributed by atoms with Gasteiger partial charge >= 0.3 is 0 Å². The van der Waals surface area contributed by atoms with Crippen LogP contribution in [0.15, 0.2) is 30.3 Å². The zero-order chi connectivity index (χ0) is 20.8. The Morgan fingerprint density at radius 1 is 1.14 bits per heavy atom. The van der Waals surface area contributed by atoms with E-state index >= 15 is 0 Å². The lowest BCUT2D eigenvalue weighted by molar-refractivity contribution is 0.266. The van der Waals surface area contributed by atoms with Gasteiger partial charge in [-0.2, -0.15) is 0 Å². The molecule has 0 fully saturated rings. The smallest absolute Gasteiger partial charge is 0.243 e. The van der Waals surface area contributed by atoms with Crippen molar-refractivity contribution in [1.29, 1.82) is 0 Å². The molecule has 0 saturated heterocycles. The molecule has 10 heteroatoms. The van der Waals surface area contributed by atoms with E-state index in [9.17, 15) is 4.39 Å². The molecule has 0 spiro atoms. The predicted molar refractivity (Wildman–Crippen MR) is 109 cm³/mol. The molecule has 2 aromatic carbocycles. The predicted octanol–water partition coefficient (Wildman–Crippen LogP) is 4.73. The zero-order valence-electron chi connectivity index (χ0n) is 16.0. The van der Waals surface area contributed by atoms with Gasteiger partial charge in [0.1, 0.15) is 12.4 Å². The van der Waals surface area contributed by atoms with E-state index in [1.165, 1.54) is 12.1 Å². The summed E-state index contributed by atoms with van der Waals surface area (Å²) in [6.07, 6.45) is 0. The van der Waals surface area contributed by atoms with E-state index < -0.39 is 5.82 Å². The number of anilines is 1. The molecule has 0 bridgehead atoms. The number of nitrogens with zero attached hydrogens (tertiary/aromatic N) is 4. The van der Waals surface area contributed by atoms with Crippen molar-refractivity contribution in [3.05, 3.63) is 57.3 Å². The summed E-state index contributed by atoms with van der Waals surface area (Å²) in [5.41, 5.74) is 1.10. The first-order chi connectivity index (χ1) is 14.0. The van der Waals surface area contributed by atoms with E-state index in [1.807, 2.05) is 13.8 Å². The highest BCUT2D eigenvalue weighted by Gasteiger charge is 2.16. The second kappa shape index (κ2) is 9.76. The van der Waals surface area contributed by atoms with Gasteiger partial charge in [-0.1, -0.05) is 34.4 Å². The molecule has 0 unspecified atom stereocenters. The highest BCUT2D eigenvalue weighted by Crippen LogP contribution is 2.38. The van der Waals surface area contributed by atoms with Gasteiger partial charge in [0.2, 0.25) is 5.95 Å². The summed E-state index contributed by atoms with van der Waals surface area (Å²) in [5.74, 6) is 0.895. The molecule has 0 aliphatic carbocycles. The maximum atomic E-state index is 14.0. The van der Waals surface area contributed by atoms with Crippen molar-refractivity contribution in [2.75, 3.05) is 11.9 Å². The third kappa shape index (κ3) is 5.07. The third-order valence-electron chi connectivity index (χ3n) is 4.07. The molecule has 154 valence electrons. The number of aryl methyl sites for hydroxylation is 1. The molecule has 0 saturated carbocycles. The lowest BCUT2D eigenvalue weighted by atomic mass is 10.2. The molecule has 3 rings (SSSR count). The molecular weight excluding hydrogens is 420 g/mol. The average molecular weight is 440 g/mol. The molecular formula is C19H20Cl2FN5O2. The first-order valence-electron chi connectivity index (χ1n) is 9.04. The van der Waals surface area contributed by atoms with E-state index in [0.717, 1.165) is 5.56 Å². The summed E-state index contributed by atoms with van der Waals surface area (Å²) in [5, 5.41) is 15.2. The van der Waals surface area contributed by atoms with Crippen LogP contribution in [0, 0.1) is 5.82 Å². The molecule has 0 aliphatic heterocycles. The van der Waals surface area contributed by atoms with Gasteiger partial charge in [-0.25, -0.2) is 9.07 Å². The van der Waals surface area contributed by atoms with Crippen LogP contribution in [0.2, 0.25) is 10.0 Å². The van der Waals surface area contributed by atoms with Gasteiger partial charge in [0.25, 0.3) is 0 Å². The van der Waals surface area contributed by atoms with Crippen molar-refractivity contribution in [3.8, 4) is 11.5 Å². The number of halogens is 3. The van der Waals surface area contributed by atoms with Gasteiger partial charge in [-0.3, -0.25) is 0 Å². The number of nitrogens with one attached hydrogen (secondary N) is 1. The van der Waals surface area contributed by atoms with Crippen molar-refractivity contribution >= 4 is 29.2 Å². The van der Waals surface area contributed by atoms with Gasteiger partial charge in [0.15, 0.2) is 11.5 Å². The van der Waals surface area contributed by atoms with Crippen molar-refractivity contribution in [2.45, 2.75) is 33.5 Å². The fraction of sp³-hybridized carbons (Fsp3) is 0.316. The summed E-state index contributed by atoms with van der Waals surface area (Å²) in [7, 11) is 0. The SMILES string of the molecule is CCOc1cc(CNc2nnnn2CC)cc(Cl)c1OCc1c(F)cccc1Cl. The van der Waals surface area contributed by atoms with Crippen LogP contribution in [-0.2, 0) is 19.7 Å². The monoisotopic (exact) mass is 439 g/mol. The van der Waals surface area contributed by atoms with E-state index in [0.29, 0.717) is 42.2 Å². The third-order valence-corrected chi connectivity index (χ3v) is 4.71. The highest BCUT2D eigenvalue weighted by atomic mass is 35.5. The molecule has 1 heterocycles. The van der Waals surface area contributed by atoms with Crippen LogP contribution in [0.5, 0.6) is 11.5 Å². The van der Waals surface area contributed by atoms with Crippen LogP contribution >= 0.6 is 23.2 Å². The number of rotatable bonds is 9. The van der Waals surface area contributed by atoms with E-state index in [2.05, 4.69) is 20.8 Å². The van der Waals surface area contributed by atoms with Gasteiger partial charge in [0, 0.05) is 18.7 Å². The van der Waals surface area contributed by atoms with Gasteiger partial charge in [0.05, 0.1) is 16.7 Å². The normalized spacial score (nSPS) is 10.8. The zero-order valence-corrected chi connectivity index (χ0v) is 17.5. The topological polar surface area (TPSA) is 74.1 Å². The second-order valence-electron chi connectivity index (χ2n) is 6.00. The van der Waals surface area contributed by atoms with Gasteiger partial charge < -0.3 is 14.8 Å². The van der Waals surface area contributed by atoms with E-state index in [4.69, 9.17) is 32.7 Å². The van der Waals surface area contributed by atoms with E-state index in [-0.39, 0.29) is 17.2 Å². The standard InChI is InChI=1S/C19H20Cl2FN5O2/c1-3-27-19(24-25-26-27)23-10-12-8-15(21)18(17(9-12)28-4-2)29-11-13-14(20)6-5-7-16(13)22/h5-9H,3-4,10-11H2,1-2H3,(H,23,24,26). The summed E-state index contributed by atoms with van der Waals surface area (Å²) in [6, 6.07) is 8.02. The van der Waals surface area contributed by atoms with Gasteiger partial charge in [-0.05, 0) is 54.1 Å². The first-order valence-corrected chi connectivity index (χ1v) is 9.80. The molecule has 1 aromatic heterocycles. The molecule has 0 atom stereocenters. The lowest BCUT2D eigenvalue weighted by Crippen LogP contribution is -2.08. The van der Waals surface area contributed by atoms with Crippen LogP contribution in [0.1, 0.15) is 25.0 Å². The molecule has 29 heavy (non-hydrogen) atoms. The van der Waals surface area contributed by atoms with Crippen LogP contribution in [-0.4, -0.2) is 26.8 Å². The number of aromatic nitrogens is 4. The lowest BCUT2D eigenvalue weighted by Gasteiger charge is -2.16. The molecule has 0 radical (unpaired) electrons. The van der Waals surface area contributed by atoms with Gasteiger partial charge in [-0.15, -0.1) is 0 Å². The van der Waals surface area contributed by atoms with E-state index in [1.54, 1.807) is 22.9 Å². The van der Waals surface area contributed by atoms with Crippen molar-refractivity contribution in [2.24, 2.45) is 0 Å². The van der Waals surface area contributed by atoms with Crippen molar-refractivity contribution < 1.29 is 13.9 Å². The van der Waals surface area contributed by atoms with Crippen molar-refractivity contribution in [1.82, 2.24) is 20.2 Å². The largest absolute Gasteiger partial charge is 0.490 e. The quantitative estimate of drug-likeness (QED) is 0.519. The minimum Gasteiger partial charge on any atom is -0.490 e. The Kier molecular flexibility index (Phi) is 7.11. The molecule has 0 aliphatic rings. The Hall–Kier alpha value is -2.58. The Morgan fingerprint density at radius 2 is 1.97 bits per heavy atom. The second-order valence-corrected chi connectivity index (χ2v) is 6.81. The fourth-order valence-electron chi connectivity index (χ4n) is 2.67. The molecule has 7 nitrogen and oxygen atoms in total. The number of tetrazole rings is 1. The first kappa shape index (κ1) is 21.1. The average Bonchev–Trinajstić information content (AvgIpc) is 3.15. The van der Waals surface area contributed by atoms with Crippen LogP contribution in [0.25, 0.3) is 0 Å². The summed E-state index contributed by atoms with van der Waals surface area (Å²) in [4.78, 5) is 0. The maximum absolute atomic E-state index is 14.0. The Labute approximate surface area is 177 Å². The van der Waals surface area contributed by atoms with Crippen LogP contribution < -0.4 is 14.8 Å². The minimum atomic E-state index is -0.443. The number of hydrogen-bond donors (Lipinski definition) is 1. The molecule has 0 amide bonds. The molecule has 3 aromatic rings. The summed E-state index contributed by atoms with van der Waals surface area (Å²) >= 11 is 12.5. The fourth-order valence-corrected chi connectivity index (χ4v) is 3.17. The van der Waals surface area contributed by atoms with Crippen LogP contribution in [0.3, 0.4) is 0 Å². The maximum Gasteiger partial charge on any atom is 0.243 e.